The maximum atomic E-state index is 11.9. The summed E-state index contributed by atoms with van der Waals surface area (Å²) in [6, 6.07) is 5.37. The summed E-state index contributed by atoms with van der Waals surface area (Å²) in [5.41, 5.74) is 0.812. The molecule has 2 N–H and O–H groups in total. The molecular weight excluding hydrogens is 334 g/mol. The van der Waals surface area contributed by atoms with Crippen molar-refractivity contribution in [2.75, 3.05) is 13.7 Å². The molecule has 1 unspecified atom stereocenters. The highest BCUT2D eigenvalue weighted by Gasteiger charge is 2.11. The van der Waals surface area contributed by atoms with Gasteiger partial charge in [0.15, 0.2) is 0 Å². The average molecular weight is 356 g/mol. The van der Waals surface area contributed by atoms with E-state index in [0.29, 0.717) is 11.7 Å². The number of aliphatic hydroxyl groups is 1. The van der Waals surface area contributed by atoms with Gasteiger partial charge in [0, 0.05) is 16.1 Å². The Morgan fingerprint density at radius 3 is 2.76 bits per heavy atom. The Bertz CT molecular complexity index is 500. The summed E-state index contributed by atoms with van der Waals surface area (Å²) >= 11 is 3.39. The maximum Gasteiger partial charge on any atom is 0.244 e. The van der Waals surface area contributed by atoms with Crippen molar-refractivity contribution in [1.29, 1.82) is 0 Å². The van der Waals surface area contributed by atoms with E-state index in [0.717, 1.165) is 16.5 Å². The fourth-order valence-electron chi connectivity index (χ4n) is 2.00. The summed E-state index contributed by atoms with van der Waals surface area (Å²) < 4.78 is 6.16. The summed E-state index contributed by atoms with van der Waals surface area (Å²) in [4.78, 5) is 11.9. The number of nitrogens with one attached hydrogen (secondary N) is 1. The largest absolute Gasteiger partial charge is 0.496 e. The van der Waals surface area contributed by atoms with Crippen LogP contribution in [-0.4, -0.2) is 30.8 Å². The number of benzene rings is 1. The zero-order chi connectivity index (χ0) is 15.8. The zero-order valence-corrected chi connectivity index (χ0v) is 14.2. The van der Waals surface area contributed by atoms with E-state index in [4.69, 9.17) is 4.74 Å². The van der Waals surface area contributed by atoms with Gasteiger partial charge >= 0.3 is 0 Å². The summed E-state index contributed by atoms with van der Waals surface area (Å²) in [5.74, 6) is 0.886. The molecule has 1 aromatic carbocycles. The number of rotatable bonds is 7. The Kier molecular flexibility index (Phi) is 7.47. The molecule has 0 saturated carbocycles. The molecule has 4 nitrogen and oxygen atoms in total. The Balaban J connectivity index is 2.71. The number of halogens is 1. The molecule has 116 valence electrons. The van der Waals surface area contributed by atoms with Crippen molar-refractivity contribution < 1.29 is 14.6 Å². The summed E-state index contributed by atoms with van der Waals surface area (Å²) in [6.07, 6.45) is 3.90. The first-order chi connectivity index (χ1) is 9.96. The lowest BCUT2D eigenvalue weighted by molar-refractivity contribution is -0.117. The summed E-state index contributed by atoms with van der Waals surface area (Å²) in [7, 11) is 1.59. The summed E-state index contributed by atoms with van der Waals surface area (Å²) in [6.45, 7) is 4.05. The van der Waals surface area contributed by atoms with Gasteiger partial charge < -0.3 is 15.2 Å². The van der Waals surface area contributed by atoms with E-state index < -0.39 is 0 Å². The lowest BCUT2D eigenvalue weighted by atomic mass is 10.0. The second kappa shape index (κ2) is 8.85. The van der Waals surface area contributed by atoms with Gasteiger partial charge in [-0.25, -0.2) is 0 Å². The number of carbonyl (C=O) groups excluding carboxylic acids is 1. The van der Waals surface area contributed by atoms with E-state index in [9.17, 15) is 9.90 Å². The average Bonchev–Trinajstić information content (AvgIpc) is 2.44. The van der Waals surface area contributed by atoms with E-state index >= 15 is 0 Å². The van der Waals surface area contributed by atoms with Crippen LogP contribution in [0.25, 0.3) is 6.08 Å². The van der Waals surface area contributed by atoms with Gasteiger partial charge in [-0.05, 0) is 36.6 Å². The van der Waals surface area contributed by atoms with E-state index in [1.807, 2.05) is 18.2 Å². The molecular formula is C16H22BrNO3. The molecule has 1 rings (SSSR count). The highest BCUT2D eigenvalue weighted by atomic mass is 79.9. The molecule has 1 atom stereocenters. The Hall–Kier alpha value is -1.33. The van der Waals surface area contributed by atoms with Crippen molar-refractivity contribution in [1.82, 2.24) is 5.32 Å². The van der Waals surface area contributed by atoms with Crippen LogP contribution in [0.15, 0.2) is 28.7 Å². The van der Waals surface area contributed by atoms with Gasteiger partial charge in [0.25, 0.3) is 0 Å². The minimum Gasteiger partial charge on any atom is -0.496 e. The van der Waals surface area contributed by atoms with E-state index in [2.05, 4.69) is 35.1 Å². The molecule has 0 saturated heterocycles. The standard InChI is InChI=1S/C16H22BrNO3/c1-11(2)8-14(10-19)18-16(20)7-4-12-9-13(17)5-6-15(12)21-3/h4-7,9,11,14,19H,8,10H2,1-3H3,(H,18,20). The molecule has 1 amide bonds. The zero-order valence-electron chi connectivity index (χ0n) is 12.6. The van der Waals surface area contributed by atoms with Crippen LogP contribution in [0.5, 0.6) is 5.75 Å². The van der Waals surface area contributed by atoms with E-state index in [-0.39, 0.29) is 18.6 Å². The fourth-order valence-corrected chi connectivity index (χ4v) is 2.38. The van der Waals surface area contributed by atoms with Crippen LogP contribution < -0.4 is 10.1 Å². The van der Waals surface area contributed by atoms with Crippen molar-refractivity contribution in [3.63, 3.8) is 0 Å². The molecule has 0 aliphatic heterocycles. The quantitative estimate of drug-likeness (QED) is 0.739. The minimum absolute atomic E-state index is 0.0576. The van der Waals surface area contributed by atoms with Gasteiger partial charge in [0.2, 0.25) is 5.91 Å². The number of carbonyl (C=O) groups is 1. The Morgan fingerprint density at radius 1 is 1.48 bits per heavy atom. The van der Waals surface area contributed by atoms with Crippen LogP contribution in [0, 0.1) is 5.92 Å². The molecule has 0 bridgehead atoms. The predicted molar refractivity (Wildman–Crippen MR) is 88.2 cm³/mol. The van der Waals surface area contributed by atoms with Crippen molar-refractivity contribution in [3.8, 4) is 5.75 Å². The SMILES string of the molecule is COc1ccc(Br)cc1C=CC(=O)NC(CO)CC(C)C. The third-order valence-corrected chi connectivity index (χ3v) is 3.42. The lowest BCUT2D eigenvalue weighted by Crippen LogP contribution is -2.37. The lowest BCUT2D eigenvalue weighted by Gasteiger charge is -2.17. The van der Waals surface area contributed by atoms with E-state index in [1.165, 1.54) is 6.08 Å². The monoisotopic (exact) mass is 355 g/mol. The molecule has 0 fully saturated rings. The molecule has 0 aromatic heterocycles. The molecule has 0 aliphatic carbocycles. The first-order valence-electron chi connectivity index (χ1n) is 6.89. The molecule has 0 radical (unpaired) electrons. The highest BCUT2D eigenvalue weighted by molar-refractivity contribution is 9.10. The van der Waals surface area contributed by atoms with Crippen molar-refractivity contribution in [2.45, 2.75) is 26.3 Å². The first kappa shape index (κ1) is 17.7. The topological polar surface area (TPSA) is 58.6 Å². The second-order valence-corrected chi connectivity index (χ2v) is 6.15. The van der Waals surface area contributed by atoms with Crippen molar-refractivity contribution in [3.05, 3.63) is 34.3 Å². The van der Waals surface area contributed by atoms with Gasteiger partial charge in [0.05, 0.1) is 19.8 Å². The minimum atomic E-state index is -0.225. The first-order valence-corrected chi connectivity index (χ1v) is 7.68. The number of aliphatic hydroxyl groups excluding tert-OH is 1. The number of amides is 1. The summed E-state index contributed by atoms with van der Waals surface area (Å²) in [5, 5.41) is 12.1. The number of hydrogen-bond donors (Lipinski definition) is 2. The smallest absolute Gasteiger partial charge is 0.244 e. The molecule has 0 spiro atoms. The normalized spacial score (nSPS) is 12.7. The van der Waals surface area contributed by atoms with Crippen LogP contribution in [0.4, 0.5) is 0 Å². The van der Waals surface area contributed by atoms with Crippen LogP contribution >= 0.6 is 15.9 Å². The molecule has 1 aromatic rings. The van der Waals surface area contributed by atoms with Gasteiger partial charge in [-0.3, -0.25) is 4.79 Å². The van der Waals surface area contributed by atoms with Crippen LogP contribution in [0.1, 0.15) is 25.8 Å². The molecule has 0 heterocycles. The van der Waals surface area contributed by atoms with Crippen LogP contribution in [-0.2, 0) is 4.79 Å². The Morgan fingerprint density at radius 2 is 2.19 bits per heavy atom. The molecule has 21 heavy (non-hydrogen) atoms. The number of hydrogen-bond acceptors (Lipinski definition) is 3. The van der Waals surface area contributed by atoms with Gasteiger partial charge in [0.1, 0.15) is 5.75 Å². The van der Waals surface area contributed by atoms with Gasteiger partial charge in [-0.1, -0.05) is 29.8 Å². The van der Waals surface area contributed by atoms with E-state index in [1.54, 1.807) is 13.2 Å². The fraction of sp³-hybridized carbons (Fsp3) is 0.438. The third-order valence-electron chi connectivity index (χ3n) is 2.93. The predicted octanol–water partition coefficient (Wildman–Crippen LogP) is 2.99. The van der Waals surface area contributed by atoms with Gasteiger partial charge in [-0.15, -0.1) is 0 Å². The third kappa shape index (κ3) is 6.31. The van der Waals surface area contributed by atoms with Crippen molar-refractivity contribution >= 4 is 27.9 Å². The highest BCUT2D eigenvalue weighted by Crippen LogP contribution is 2.24. The number of methoxy groups -OCH3 is 1. The molecule has 0 aliphatic rings. The second-order valence-electron chi connectivity index (χ2n) is 5.24. The number of ether oxygens (including phenoxy) is 1. The molecule has 5 heteroatoms. The van der Waals surface area contributed by atoms with Crippen LogP contribution in [0.3, 0.4) is 0 Å². The van der Waals surface area contributed by atoms with Gasteiger partial charge in [-0.2, -0.15) is 0 Å². The Labute approximate surface area is 134 Å². The maximum absolute atomic E-state index is 11.9. The van der Waals surface area contributed by atoms with Crippen molar-refractivity contribution in [2.24, 2.45) is 5.92 Å². The van der Waals surface area contributed by atoms with Crippen LogP contribution in [0.2, 0.25) is 0 Å².